The number of benzene rings is 1. The van der Waals surface area contributed by atoms with Gasteiger partial charge in [-0.1, -0.05) is 6.92 Å². The van der Waals surface area contributed by atoms with E-state index in [1.165, 1.54) is 6.92 Å². The molecule has 2 aromatic rings. The Kier molecular flexibility index (Phi) is 6.16. The Morgan fingerprint density at radius 1 is 1.28 bits per heavy atom. The average molecular weight is 362 g/mol. The van der Waals surface area contributed by atoms with E-state index in [1.807, 2.05) is 39.1 Å². The number of nitrogens with zero attached hydrogens (tertiary/aromatic N) is 1. The largest absolute Gasteiger partial charge is 0.443 e. The predicted molar refractivity (Wildman–Crippen MR) is 102 cm³/mol. The van der Waals surface area contributed by atoms with Crippen molar-refractivity contribution in [3.8, 4) is 0 Å². The number of nitrogens with one attached hydrogen (secondary N) is 1. The molecule has 1 amide bonds. The van der Waals surface area contributed by atoms with Crippen molar-refractivity contribution in [1.29, 1.82) is 0 Å². The Labute approximate surface area is 153 Å². The molecule has 0 spiro atoms. The van der Waals surface area contributed by atoms with E-state index in [9.17, 15) is 9.59 Å². The van der Waals surface area contributed by atoms with Crippen LogP contribution in [0.25, 0.3) is 10.9 Å². The monoisotopic (exact) mass is 362 g/mol. The van der Waals surface area contributed by atoms with Crippen molar-refractivity contribution < 1.29 is 14.3 Å². The maximum Gasteiger partial charge on any atom is 0.419 e. The Hall–Kier alpha value is -1.95. The van der Waals surface area contributed by atoms with Gasteiger partial charge in [0.2, 0.25) is 5.91 Å². The van der Waals surface area contributed by atoms with Crippen molar-refractivity contribution in [1.82, 2.24) is 9.88 Å². The molecule has 0 radical (unpaired) electrons. The summed E-state index contributed by atoms with van der Waals surface area (Å²) in [5.41, 5.74) is 1.29. The Morgan fingerprint density at radius 2 is 2.00 bits per heavy atom. The molecule has 1 aromatic carbocycles. The standard InChI is InChI=1S/C19H26N2O3S/c1-6-25-15-7-8-17-16(11-15)14(9-10-20-13(2)22)12-21(17)18(23)24-19(3,4)5/h7-8,11-12H,6,9-10H2,1-5H3,(H,20,22). The van der Waals surface area contributed by atoms with E-state index in [2.05, 4.69) is 18.3 Å². The molecule has 0 atom stereocenters. The van der Waals surface area contributed by atoms with Crippen LogP contribution in [0, 0.1) is 0 Å². The van der Waals surface area contributed by atoms with Crippen molar-refractivity contribution in [3.05, 3.63) is 30.0 Å². The van der Waals surface area contributed by atoms with Gasteiger partial charge in [-0.3, -0.25) is 9.36 Å². The van der Waals surface area contributed by atoms with E-state index in [4.69, 9.17) is 4.74 Å². The minimum Gasteiger partial charge on any atom is -0.443 e. The lowest BCUT2D eigenvalue weighted by atomic mass is 10.1. The molecule has 25 heavy (non-hydrogen) atoms. The fourth-order valence-corrected chi connectivity index (χ4v) is 3.27. The lowest BCUT2D eigenvalue weighted by molar-refractivity contribution is -0.118. The zero-order chi connectivity index (χ0) is 18.6. The molecule has 0 unspecified atom stereocenters. The first-order valence-electron chi connectivity index (χ1n) is 8.46. The van der Waals surface area contributed by atoms with Gasteiger partial charge in [0.1, 0.15) is 5.60 Å². The average Bonchev–Trinajstić information content (AvgIpc) is 2.84. The first-order valence-corrected chi connectivity index (χ1v) is 9.44. The molecule has 5 nitrogen and oxygen atoms in total. The number of fused-ring (bicyclic) bond motifs is 1. The maximum atomic E-state index is 12.5. The predicted octanol–water partition coefficient (Wildman–Crippen LogP) is 4.22. The molecule has 2 rings (SSSR count). The molecule has 6 heteroatoms. The van der Waals surface area contributed by atoms with Gasteiger partial charge in [-0.05, 0) is 56.7 Å². The van der Waals surface area contributed by atoms with Crippen LogP contribution in [0.1, 0.15) is 40.2 Å². The summed E-state index contributed by atoms with van der Waals surface area (Å²) in [7, 11) is 0. The topological polar surface area (TPSA) is 60.3 Å². The van der Waals surface area contributed by atoms with Crippen LogP contribution >= 0.6 is 11.8 Å². The van der Waals surface area contributed by atoms with Crippen molar-refractivity contribution >= 4 is 34.7 Å². The highest BCUT2D eigenvalue weighted by Crippen LogP contribution is 2.28. The molecule has 136 valence electrons. The molecule has 0 saturated heterocycles. The van der Waals surface area contributed by atoms with E-state index < -0.39 is 5.60 Å². The maximum absolute atomic E-state index is 12.5. The highest BCUT2D eigenvalue weighted by molar-refractivity contribution is 7.99. The highest BCUT2D eigenvalue weighted by atomic mass is 32.2. The first-order chi connectivity index (χ1) is 11.7. The zero-order valence-corrected chi connectivity index (χ0v) is 16.3. The summed E-state index contributed by atoms with van der Waals surface area (Å²) in [4.78, 5) is 24.8. The number of carbonyl (C=O) groups is 2. The minimum absolute atomic E-state index is 0.0573. The summed E-state index contributed by atoms with van der Waals surface area (Å²) < 4.78 is 7.07. The number of hydrogen-bond acceptors (Lipinski definition) is 4. The van der Waals surface area contributed by atoms with Gasteiger partial charge in [-0.2, -0.15) is 0 Å². The Balaban J connectivity index is 2.40. The second-order valence-corrected chi connectivity index (χ2v) is 8.19. The number of hydrogen-bond donors (Lipinski definition) is 1. The lowest BCUT2D eigenvalue weighted by Gasteiger charge is -2.19. The second-order valence-electron chi connectivity index (χ2n) is 6.85. The Bertz CT molecular complexity index is 775. The van der Waals surface area contributed by atoms with E-state index in [-0.39, 0.29) is 12.0 Å². The zero-order valence-electron chi connectivity index (χ0n) is 15.5. The van der Waals surface area contributed by atoms with Crippen LogP contribution in [-0.4, -0.2) is 34.5 Å². The molecule has 0 aliphatic heterocycles. The molecule has 0 aliphatic carbocycles. The molecule has 0 bridgehead atoms. The molecule has 0 aliphatic rings. The normalized spacial score (nSPS) is 11.6. The minimum atomic E-state index is -0.554. The van der Waals surface area contributed by atoms with Crippen LogP contribution in [-0.2, 0) is 16.0 Å². The van der Waals surface area contributed by atoms with Crippen molar-refractivity contribution in [2.75, 3.05) is 12.3 Å². The van der Waals surface area contributed by atoms with Gasteiger partial charge in [0.25, 0.3) is 0 Å². The van der Waals surface area contributed by atoms with Gasteiger partial charge in [-0.25, -0.2) is 4.79 Å². The van der Waals surface area contributed by atoms with Gasteiger partial charge in [-0.15, -0.1) is 11.8 Å². The fourth-order valence-electron chi connectivity index (χ4n) is 2.57. The first kappa shape index (κ1) is 19.4. The van der Waals surface area contributed by atoms with E-state index in [1.54, 1.807) is 16.3 Å². The SMILES string of the molecule is CCSc1ccc2c(c1)c(CCNC(C)=O)cn2C(=O)OC(C)(C)C. The fraction of sp³-hybridized carbons (Fsp3) is 0.474. The smallest absolute Gasteiger partial charge is 0.419 e. The van der Waals surface area contributed by atoms with Crippen LogP contribution in [0.5, 0.6) is 0 Å². The van der Waals surface area contributed by atoms with E-state index in [0.29, 0.717) is 13.0 Å². The van der Waals surface area contributed by atoms with Gasteiger partial charge >= 0.3 is 6.09 Å². The number of amides is 1. The third-order valence-corrected chi connectivity index (χ3v) is 4.40. The second kappa shape index (κ2) is 7.95. The quantitative estimate of drug-likeness (QED) is 0.809. The summed E-state index contributed by atoms with van der Waals surface area (Å²) >= 11 is 1.76. The summed E-state index contributed by atoms with van der Waals surface area (Å²) in [6.07, 6.45) is 2.09. The number of rotatable bonds is 5. The lowest BCUT2D eigenvalue weighted by Crippen LogP contribution is -2.26. The van der Waals surface area contributed by atoms with Gasteiger partial charge < -0.3 is 10.1 Å². The number of ether oxygens (including phenoxy) is 1. The van der Waals surface area contributed by atoms with Crippen molar-refractivity contribution in [2.45, 2.75) is 51.5 Å². The van der Waals surface area contributed by atoms with Crippen LogP contribution in [0.2, 0.25) is 0 Å². The summed E-state index contributed by atoms with van der Waals surface area (Å²) in [6.45, 7) is 9.70. The van der Waals surface area contributed by atoms with Crippen LogP contribution in [0.3, 0.4) is 0 Å². The van der Waals surface area contributed by atoms with Crippen molar-refractivity contribution in [2.24, 2.45) is 0 Å². The van der Waals surface area contributed by atoms with Gasteiger partial charge in [0.05, 0.1) is 5.52 Å². The summed E-state index contributed by atoms with van der Waals surface area (Å²) in [5, 5.41) is 3.83. The molecule has 1 heterocycles. The molecular weight excluding hydrogens is 336 g/mol. The number of carbonyl (C=O) groups excluding carboxylic acids is 2. The molecular formula is C19H26N2O3S. The molecule has 0 saturated carbocycles. The third-order valence-electron chi connectivity index (χ3n) is 3.53. The Morgan fingerprint density at radius 3 is 2.60 bits per heavy atom. The third kappa shape index (κ3) is 5.26. The number of aromatic nitrogens is 1. The van der Waals surface area contributed by atoms with E-state index >= 15 is 0 Å². The molecule has 0 fully saturated rings. The van der Waals surface area contributed by atoms with Crippen molar-refractivity contribution in [3.63, 3.8) is 0 Å². The van der Waals surface area contributed by atoms with Gasteiger partial charge in [0.15, 0.2) is 0 Å². The van der Waals surface area contributed by atoms with E-state index in [0.717, 1.165) is 27.1 Å². The van der Waals surface area contributed by atoms with Gasteiger partial charge in [0, 0.05) is 29.9 Å². The highest BCUT2D eigenvalue weighted by Gasteiger charge is 2.21. The summed E-state index contributed by atoms with van der Waals surface area (Å²) in [5.74, 6) is 0.928. The van der Waals surface area contributed by atoms with Crippen LogP contribution < -0.4 is 5.32 Å². The van der Waals surface area contributed by atoms with Crippen LogP contribution in [0.15, 0.2) is 29.3 Å². The molecule has 1 aromatic heterocycles. The molecule has 1 N–H and O–H groups in total. The van der Waals surface area contributed by atoms with Crippen LogP contribution in [0.4, 0.5) is 4.79 Å². The number of thioether (sulfide) groups is 1. The summed E-state index contributed by atoms with van der Waals surface area (Å²) in [6, 6.07) is 6.08.